The van der Waals surface area contributed by atoms with Crippen LogP contribution in [0.5, 0.6) is 0 Å². The molecule has 0 N–H and O–H groups in total. The topological polar surface area (TPSA) is 26.3 Å². The maximum Gasteiger partial charge on any atom is 0.338 e. The molecule has 1 saturated heterocycles. The van der Waals surface area contributed by atoms with E-state index in [0.29, 0.717) is 11.5 Å². The minimum Gasteiger partial charge on any atom is -0.450 e. The highest BCUT2D eigenvalue weighted by Gasteiger charge is 2.51. The largest absolute Gasteiger partial charge is 0.450 e. The van der Waals surface area contributed by atoms with Crippen LogP contribution in [-0.4, -0.2) is 11.6 Å². The Balaban J connectivity index is 2.07. The molecule has 0 spiro atoms. The van der Waals surface area contributed by atoms with Crippen molar-refractivity contribution in [2.75, 3.05) is 0 Å². The summed E-state index contributed by atoms with van der Waals surface area (Å²) >= 11 is 0. The maximum absolute atomic E-state index is 11.0. The molecule has 0 radical (unpaired) electrons. The third-order valence-corrected chi connectivity index (χ3v) is 3.53. The van der Waals surface area contributed by atoms with Crippen molar-refractivity contribution < 1.29 is 9.53 Å². The van der Waals surface area contributed by atoms with Crippen molar-refractivity contribution >= 4 is 5.97 Å². The van der Waals surface area contributed by atoms with Gasteiger partial charge in [-0.1, -0.05) is 25.8 Å². The SMILES string of the molecule is C=C1C(=O)OC1(C)C1CCCCC1. The summed E-state index contributed by atoms with van der Waals surface area (Å²) in [6, 6.07) is 0. The summed E-state index contributed by atoms with van der Waals surface area (Å²) in [6.45, 7) is 5.80. The molecule has 0 amide bonds. The predicted octanol–water partition coefficient (Wildman–Crippen LogP) is 2.44. The van der Waals surface area contributed by atoms with Gasteiger partial charge in [-0.05, 0) is 19.8 Å². The summed E-state index contributed by atoms with van der Waals surface area (Å²) < 4.78 is 5.24. The molecule has 0 bridgehead atoms. The van der Waals surface area contributed by atoms with Crippen molar-refractivity contribution in [3.05, 3.63) is 12.2 Å². The number of hydrogen-bond acceptors (Lipinski definition) is 2. The van der Waals surface area contributed by atoms with Gasteiger partial charge in [-0.15, -0.1) is 0 Å². The molecule has 0 aromatic rings. The molecule has 1 aliphatic heterocycles. The summed E-state index contributed by atoms with van der Waals surface area (Å²) in [7, 11) is 0. The van der Waals surface area contributed by atoms with Crippen LogP contribution >= 0.6 is 0 Å². The molecule has 1 aliphatic carbocycles. The average Bonchev–Trinajstić information content (AvgIpc) is 2.19. The van der Waals surface area contributed by atoms with Gasteiger partial charge in [0.2, 0.25) is 0 Å². The second-order valence-corrected chi connectivity index (χ2v) is 4.31. The fourth-order valence-corrected chi connectivity index (χ4v) is 2.46. The molecule has 2 rings (SSSR count). The molecule has 2 fully saturated rings. The lowest BCUT2D eigenvalue weighted by Gasteiger charge is -2.46. The highest BCUT2D eigenvalue weighted by Crippen LogP contribution is 2.45. The van der Waals surface area contributed by atoms with Crippen molar-refractivity contribution in [3.8, 4) is 0 Å². The van der Waals surface area contributed by atoms with Gasteiger partial charge >= 0.3 is 5.97 Å². The first-order chi connectivity index (χ1) is 6.14. The number of ether oxygens (including phenoxy) is 1. The molecule has 0 aromatic heterocycles. The Hall–Kier alpha value is -0.790. The predicted molar refractivity (Wildman–Crippen MR) is 50.2 cm³/mol. The number of carbonyl (C=O) groups is 1. The van der Waals surface area contributed by atoms with E-state index in [1.807, 2.05) is 6.92 Å². The number of rotatable bonds is 1. The molecule has 72 valence electrons. The lowest BCUT2D eigenvalue weighted by Crippen LogP contribution is -2.53. The lowest BCUT2D eigenvalue weighted by molar-refractivity contribution is -0.178. The van der Waals surface area contributed by atoms with Crippen LogP contribution in [0.1, 0.15) is 39.0 Å². The summed E-state index contributed by atoms with van der Waals surface area (Å²) in [5.41, 5.74) is 0.358. The van der Waals surface area contributed by atoms with Gasteiger partial charge in [-0.2, -0.15) is 0 Å². The first-order valence-corrected chi connectivity index (χ1v) is 5.07. The van der Waals surface area contributed by atoms with Crippen molar-refractivity contribution in [1.82, 2.24) is 0 Å². The Kier molecular flexibility index (Phi) is 1.94. The molecule has 1 heterocycles. The summed E-state index contributed by atoms with van der Waals surface area (Å²) in [5, 5.41) is 0. The molecule has 1 saturated carbocycles. The minimum atomic E-state index is -0.322. The van der Waals surface area contributed by atoms with Gasteiger partial charge in [-0.25, -0.2) is 4.79 Å². The number of cyclic esters (lactones) is 1. The zero-order valence-electron chi connectivity index (χ0n) is 8.14. The van der Waals surface area contributed by atoms with E-state index in [0.717, 1.165) is 0 Å². The third kappa shape index (κ3) is 1.19. The molecule has 1 atom stereocenters. The standard InChI is InChI=1S/C11H16O2/c1-8-10(12)13-11(8,2)9-6-4-3-5-7-9/h9H,1,3-7H2,2H3. The molecule has 2 aliphatic rings. The van der Waals surface area contributed by atoms with Gasteiger partial charge in [0.25, 0.3) is 0 Å². The van der Waals surface area contributed by atoms with E-state index < -0.39 is 0 Å². The first kappa shape index (κ1) is 8.79. The van der Waals surface area contributed by atoms with Gasteiger partial charge < -0.3 is 4.74 Å². The second-order valence-electron chi connectivity index (χ2n) is 4.31. The van der Waals surface area contributed by atoms with E-state index in [2.05, 4.69) is 6.58 Å². The Morgan fingerprint density at radius 2 is 2.00 bits per heavy atom. The Labute approximate surface area is 79.0 Å². The van der Waals surface area contributed by atoms with E-state index in [1.165, 1.54) is 32.1 Å². The van der Waals surface area contributed by atoms with Gasteiger partial charge in [0.05, 0.1) is 5.57 Å². The maximum atomic E-state index is 11.0. The quantitative estimate of drug-likeness (QED) is 0.457. The molecule has 1 unspecified atom stereocenters. The summed E-state index contributed by atoms with van der Waals surface area (Å²) in [4.78, 5) is 11.0. The fourth-order valence-electron chi connectivity index (χ4n) is 2.46. The van der Waals surface area contributed by atoms with Crippen molar-refractivity contribution in [2.24, 2.45) is 5.92 Å². The Morgan fingerprint density at radius 3 is 2.46 bits per heavy atom. The first-order valence-electron chi connectivity index (χ1n) is 5.07. The molecule has 0 aromatic carbocycles. The van der Waals surface area contributed by atoms with Crippen molar-refractivity contribution in [3.63, 3.8) is 0 Å². The van der Waals surface area contributed by atoms with Crippen molar-refractivity contribution in [2.45, 2.75) is 44.6 Å². The molecule has 2 nitrogen and oxygen atoms in total. The lowest BCUT2D eigenvalue weighted by atomic mass is 9.72. The van der Waals surface area contributed by atoms with Crippen LogP contribution in [0.4, 0.5) is 0 Å². The van der Waals surface area contributed by atoms with Crippen molar-refractivity contribution in [1.29, 1.82) is 0 Å². The van der Waals surface area contributed by atoms with Gasteiger partial charge in [0.1, 0.15) is 5.60 Å². The Bertz CT molecular complexity index is 251. The minimum absolute atomic E-state index is 0.201. The second kappa shape index (κ2) is 2.86. The molecular weight excluding hydrogens is 164 g/mol. The summed E-state index contributed by atoms with van der Waals surface area (Å²) in [5.74, 6) is 0.319. The Morgan fingerprint density at radius 1 is 1.38 bits per heavy atom. The van der Waals surface area contributed by atoms with E-state index in [1.54, 1.807) is 0 Å². The summed E-state index contributed by atoms with van der Waals surface area (Å²) in [6.07, 6.45) is 6.23. The third-order valence-electron chi connectivity index (χ3n) is 3.53. The van der Waals surface area contributed by atoms with E-state index in [-0.39, 0.29) is 11.6 Å². The molecule has 2 heteroatoms. The fraction of sp³-hybridized carbons (Fsp3) is 0.727. The highest BCUT2D eigenvalue weighted by atomic mass is 16.6. The smallest absolute Gasteiger partial charge is 0.338 e. The van der Waals surface area contributed by atoms with Crippen LogP contribution in [-0.2, 0) is 9.53 Å². The molecular formula is C11H16O2. The van der Waals surface area contributed by atoms with Crippen LogP contribution in [0.3, 0.4) is 0 Å². The van der Waals surface area contributed by atoms with Crippen LogP contribution in [0, 0.1) is 5.92 Å². The van der Waals surface area contributed by atoms with E-state index >= 15 is 0 Å². The number of esters is 1. The van der Waals surface area contributed by atoms with Gasteiger partial charge in [0, 0.05) is 5.92 Å². The number of carbonyl (C=O) groups excluding carboxylic acids is 1. The normalized spacial score (nSPS) is 35.5. The number of hydrogen-bond donors (Lipinski definition) is 0. The van der Waals surface area contributed by atoms with Crippen LogP contribution in [0.15, 0.2) is 12.2 Å². The van der Waals surface area contributed by atoms with E-state index in [4.69, 9.17) is 4.74 Å². The van der Waals surface area contributed by atoms with Crippen LogP contribution in [0.2, 0.25) is 0 Å². The zero-order valence-corrected chi connectivity index (χ0v) is 8.14. The monoisotopic (exact) mass is 180 g/mol. The highest BCUT2D eigenvalue weighted by molar-refractivity contribution is 5.96. The average molecular weight is 180 g/mol. The van der Waals surface area contributed by atoms with Gasteiger partial charge in [0.15, 0.2) is 0 Å². The zero-order chi connectivity index (χ0) is 9.47. The van der Waals surface area contributed by atoms with E-state index in [9.17, 15) is 4.79 Å². The van der Waals surface area contributed by atoms with Crippen LogP contribution in [0.25, 0.3) is 0 Å². The van der Waals surface area contributed by atoms with Crippen LogP contribution < -0.4 is 0 Å². The molecule has 13 heavy (non-hydrogen) atoms. The van der Waals surface area contributed by atoms with Gasteiger partial charge in [-0.3, -0.25) is 0 Å².